The van der Waals surface area contributed by atoms with Crippen molar-refractivity contribution in [2.24, 2.45) is 0 Å². The molecule has 11 heteroatoms. The largest absolute Gasteiger partial charge is 0.369 e. The van der Waals surface area contributed by atoms with E-state index in [9.17, 15) is 9.36 Å². The second kappa shape index (κ2) is 7.69. The number of hydrogen-bond acceptors (Lipinski definition) is 6. The molecule has 23 heavy (non-hydrogen) atoms. The molecule has 2 aromatic heterocycles. The number of ether oxygens (including phenoxy) is 1. The third-order valence-corrected chi connectivity index (χ3v) is 3.71. The smallest absolute Gasteiger partial charge is 0.350 e. The molecule has 0 atom stereocenters. The van der Waals surface area contributed by atoms with Gasteiger partial charge in [0.15, 0.2) is 11.2 Å². The van der Waals surface area contributed by atoms with Gasteiger partial charge in [0.25, 0.3) is 5.56 Å². The SMILES string of the molecule is Nc1nc2c(ncn2CCCCCCOCP(=O)(O)O)c(=O)[nH]1. The van der Waals surface area contributed by atoms with Crippen LogP contribution in [-0.4, -0.2) is 42.3 Å². The maximum absolute atomic E-state index is 11.6. The molecule has 0 spiro atoms. The number of rotatable bonds is 9. The topological polar surface area (TPSA) is 156 Å². The minimum Gasteiger partial charge on any atom is -0.369 e. The fraction of sp³-hybridized carbons (Fsp3) is 0.583. The summed E-state index contributed by atoms with van der Waals surface area (Å²) in [6, 6.07) is 0. The van der Waals surface area contributed by atoms with Gasteiger partial charge in [0.05, 0.1) is 6.33 Å². The predicted molar refractivity (Wildman–Crippen MR) is 83.9 cm³/mol. The van der Waals surface area contributed by atoms with Crippen molar-refractivity contribution in [2.45, 2.75) is 32.2 Å². The van der Waals surface area contributed by atoms with E-state index in [-0.39, 0.29) is 17.0 Å². The van der Waals surface area contributed by atoms with E-state index in [0.717, 1.165) is 25.7 Å². The van der Waals surface area contributed by atoms with Crippen molar-refractivity contribution >= 4 is 24.7 Å². The minimum atomic E-state index is -4.07. The molecule has 5 N–H and O–H groups in total. The van der Waals surface area contributed by atoms with E-state index in [1.54, 1.807) is 10.9 Å². The Kier molecular flexibility index (Phi) is 5.89. The van der Waals surface area contributed by atoms with Crippen molar-refractivity contribution in [3.8, 4) is 0 Å². The second-order valence-electron chi connectivity index (χ2n) is 5.18. The van der Waals surface area contributed by atoms with E-state index >= 15 is 0 Å². The summed E-state index contributed by atoms with van der Waals surface area (Å²) in [6.45, 7) is 0.988. The lowest BCUT2D eigenvalue weighted by Crippen LogP contribution is -2.12. The quantitative estimate of drug-likeness (QED) is 0.376. The van der Waals surface area contributed by atoms with Crippen LogP contribution in [-0.2, 0) is 15.8 Å². The van der Waals surface area contributed by atoms with Crippen LogP contribution in [0.15, 0.2) is 11.1 Å². The van der Waals surface area contributed by atoms with Crippen LogP contribution in [0.25, 0.3) is 11.2 Å². The number of anilines is 1. The van der Waals surface area contributed by atoms with Gasteiger partial charge in [0, 0.05) is 13.2 Å². The van der Waals surface area contributed by atoms with Gasteiger partial charge in [-0.3, -0.25) is 14.3 Å². The summed E-state index contributed by atoms with van der Waals surface area (Å²) in [5.74, 6) is 0.0615. The summed E-state index contributed by atoms with van der Waals surface area (Å²) in [5, 5.41) is 0. The van der Waals surface area contributed by atoms with E-state index in [2.05, 4.69) is 15.0 Å². The van der Waals surface area contributed by atoms with E-state index in [1.807, 2.05) is 0 Å². The fourth-order valence-electron chi connectivity index (χ4n) is 2.16. The first-order valence-corrected chi connectivity index (χ1v) is 8.99. The lowest BCUT2D eigenvalue weighted by atomic mass is 10.2. The van der Waals surface area contributed by atoms with Gasteiger partial charge >= 0.3 is 7.60 Å². The van der Waals surface area contributed by atoms with E-state index in [4.69, 9.17) is 20.3 Å². The van der Waals surface area contributed by atoms with Crippen molar-refractivity contribution in [1.82, 2.24) is 19.5 Å². The number of nitrogens with two attached hydrogens (primary N) is 1. The summed E-state index contributed by atoms with van der Waals surface area (Å²) in [4.78, 5) is 39.4. The van der Waals surface area contributed by atoms with Gasteiger partial charge in [-0.25, -0.2) is 4.98 Å². The molecule has 2 aromatic rings. The Morgan fingerprint density at radius 1 is 1.30 bits per heavy atom. The fourth-order valence-corrected chi connectivity index (χ4v) is 2.52. The molecule has 0 aromatic carbocycles. The van der Waals surface area contributed by atoms with Crippen LogP contribution in [0.4, 0.5) is 5.95 Å². The van der Waals surface area contributed by atoms with Crippen LogP contribution in [0, 0.1) is 0 Å². The summed E-state index contributed by atoms with van der Waals surface area (Å²) < 4.78 is 17.3. The van der Waals surface area contributed by atoms with E-state index in [0.29, 0.717) is 18.8 Å². The Hall–Kier alpha value is -1.74. The van der Waals surface area contributed by atoms with Crippen molar-refractivity contribution < 1.29 is 19.1 Å². The maximum Gasteiger partial charge on any atom is 0.350 e. The number of nitrogens with one attached hydrogen (secondary N) is 1. The van der Waals surface area contributed by atoms with Crippen molar-refractivity contribution in [3.63, 3.8) is 0 Å². The number of H-pyrrole nitrogens is 1. The van der Waals surface area contributed by atoms with Gasteiger partial charge < -0.3 is 24.8 Å². The Bertz CT molecular complexity index is 752. The molecule has 0 unspecified atom stereocenters. The molecular weight excluding hydrogens is 325 g/mol. The first kappa shape index (κ1) is 17.6. The molecule has 2 heterocycles. The highest BCUT2D eigenvalue weighted by molar-refractivity contribution is 7.51. The molecule has 0 amide bonds. The molecule has 0 fully saturated rings. The van der Waals surface area contributed by atoms with Gasteiger partial charge in [0.2, 0.25) is 5.95 Å². The summed E-state index contributed by atoms with van der Waals surface area (Å²) in [7, 11) is -4.07. The van der Waals surface area contributed by atoms with Gasteiger partial charge in [-0.1, -0.05) is 12.8 Å². The molecule has 0 saturated carbocycles. The third-order valence-electron chi connectivity index (χ3n) is 3.19. The van der Waals surface area contributed by atoms with Gasteiger partial charge in [-0.05, 0) is 12.8 Å². The molecule has 10 nitrogen and oxygen atoms in total. The molecule has 0 aliphatic heterocycles. The molecule has 0 bridgehead atoms. The van der Waals surface area contributed by atoms with Crippen LogP contribution in [0.5, 0.6) is 0 Å². The number of hydrogen-bond donors (Lipinski definition) is 4. The number of aromatic amines is 1. The number of aryl methyl sites for hydroxylation is 1. The normalized spacial score (nSPS) is 12.1. The Labute approximate surface area is 131 Å². The average Bonchev–Trinajstić information content (AvgIpc) is 2.84. The lowest BCUT2D eigenvalue weighted by Gasteiger charge is -2.06. The average molecular weight is 345 g/mol. The zero-order valence-electron chi connectivity index (χ0n) is 12.5. The van der Waals surface area contributed by atoms with Crippen LogP contribution in [0.2, 0.25) is 0 Å². The van der Waals surface area contributed by atoms with Crippen LogP contribution in [0.3, 0.4) is 0 Å². The summed E-state index contributed by atoms with van der Waals surface area (Å²) in [6.07, 6.45) is 4.42. The number of nitrogens with zero attached hydrogens (tertiary/aromatic N) is 3. The molecule has 0 saturated heterocycles. The van der Waals surface area contributed by atoms with Gasteiger partial charge in [-0.2, -0.15) is 4.98 Å². The molecule has 2 rings (SSSR count). The zero-order chi connectivity index (χ0) is 16.9. The highest BCUT2D eigenvalue weighted by atomic mass is 31.2. The molecular formula is C12H20N5O5P. The lowest BCUT2D eigenvalue weighted by molar-refractivity contribution is 0.152. The number of imidazole rings is 1. The van der Waals surface area contributed by atoms with E-state index < -0.39 is 13.9 Å². The first-order chi connectivity index (χ1) is 10.9. The van der Waals surface area contributed by atoms with Crippen LogP contribution in [0.1, 0.15) is 25.7 Å². The van der Waals surface area contributed by atoms with Gasteiger partial charge in [0.1, 0.15) is 6.35 Å². The second-order valence-corrected chi connectivity index (χ2v) is 6.77. The monoisotopic (exact) mass is 345 g/mol. The number of fused-ring (bicyclic) bond motifs is 1. The van der Waals surface area contributed by atoms with Crippen molar-refractivity contribution in [1.29, 1.82) is 0 Å². The third kappa shape index (κ3) is 5.43. The van der Waals surface area contributed by atoms with Crippen LogP contribution >= 0.6 is 7.60 Å². The summed E-state index contributed by atoms with van der Waals surface area (Å²) >= 11 is 0. The minimum absolute atomic E-state index is 0.0615. The Balaban J connectivity index is 1.71. The number of aromatic nitrogens is 4. The highest BCUT2D eigenvalue weighted by Crippen LogP contribution is 2.33. The molecule has 0 aliphatic rings. The maximum atomic E-state index is 11.6. The summed E-state index contributed by atoms with van der Waals surface area (Å²) in [5.41, 5.74) is 5.91. The molecule has 0 aliphatic carbocycles. The zero-order valence-corrected chi connectivity index (χ0v) is 13.4. The Morgan fingerprint density at radius 3 is 2.78 bits per heavy atom. The molecule has 128 valence electrons. The van der Waals surface area contributed by atoms with Gasteiger partial charge in [-0.15, -0.1) is 0 Å². The van der Waals surface area contributed by atoms with E-state index in [1.165, 1.54) is 0 Å². The number of unbranched alkanes of at least 4 members (excludes halogenated alkanes) is 3. The Morgan fingerprint density at radius 2 is 2.04 bits per heavy atom. The van der Waals surface area contributed by atoms with Crippen molar-refractivity contribution in [2.75, 3.05) is 18.7 Å². The first-order valence-electron chi connectivity index (χ1n) is 7.20. The predicted octanol–water partition coefficient (Wildman–Crippen LogP) is 0.414. The standard InChI is InChI=1S/C12H20N5O5P/c13-12-15-10-9(11(18)16-12)14-7-17(10)5-3-1-2-4-6-22-8-23(19,20)21/h7H,1-6,8H2,(H2,19,20,21)(H3,13,15,16,18). The highest BCUT2D eigenvalue weighted by Gasteiger charge is 2.12. The number of nitrogen functional groups attached to an aromatic ring is 1. The van der Waals surface area contributed by atoms with Crippen molar-refractivity contribution in [3.05, 3.63) is 16.7 Å². The molecule has 0 radical (unpaired) electrons. The van der Waals surface area contributed by atoms with Crippen LogP contribution < -0.4 is 11.3 Å².